The average Bonchev–Trinajstić information content (AvgIpc) is 2.41. The van der Waals surface area contributed by atoms with Crippen molar-refractivity contribution in [3.8, 4) is 16.9 Å². The monoisotopic (exact) mass is 240 g/mol. The summed E-state index contributed by atoms with van der Waals surface area (Å²) < 4.78 is 5.63. The maximum Gasteiger partial charge on any atom is 0.150 e. The first-order chi connectivity index (χ1) is 8.76. The lowest BCUT2D eigenvalue weighted by atomic mass is 9.97. The smallest absolute Gasteiger partial charge is 0.150 e. The fourth-order valence-electron chi connectivity index (χ4n) is 1.97. The molecule has 92 valence electrons. The van der Waals surface area contributed by atoms with Gasteiger partial charge in [-0.3, -0.25) is 4.79 Å². The lowest BCUT2D eigenvalue weighted by Crippen LogP contribution is -1.95. The molecule has 0 aliphatic rings. The molecule has 0 aromatic heterocycles. The van der Waals surface area contributed by atoms with Crippen molar-refractivity contribution in [2.75, 3.05) is 6.61 Å². The number of aryl methyl sites for hydroxylation is 1. The van der Waals surface area contributed by atoms with Gasteiger partial charge in [-0.1, -0.05) is 30.3 Å². The molecule has 0 atom stereocenters. The number of benzene rings is 2. The first-order valence-electron chi connectivity index (χ1n) is 6.04. The van der Waals surface area contributed by atoms with Crippen LogP contribution in [0.5, 0.6) is 5.75 Å². The molecule has 2 rings (SSSR count). The van der Waals surface area contributed by atoms with Gasteiger partial charge >= 0.3 is 0 Å². The van der Waals surface area contributed by atoms with Gasteiger partial charge in [-0.25, -0.2) is 0 Å². The van der Waals surface area contributed by atoms with Gasteiger partial charge in [0.1, 0.15) is 12.0 Å². The summed E-state index contributed by atoms with van der Waals surface area (Å²) in [6.07, 6.45) is 0.867. The fraction of sp³-hybridized carbons (Fsp3) is 0.188. The number of hydrogen-bond acceptors (Lipinski definition) is 2. The Balaban J connectivity index is 2.57. The molecule has 0 unspecified atom stereocenters. The first-order valence-corrected chi connectivity index (χ1v) is 6.04. The van der Waals surface area contributed by atoms with E-state index in [2.05, 4.69) is 0 Å². The van der Waals surface area contributed by atoms with Gasteiger partial charge in [0.15, 0.2) is 0 Å². The third-order valence-corrected chi connectivity index (χ3v) is 2.87. The molecule has 0 saturated carbocycles. The zero-order valence-corrected chi connectivity index (χ0v) is 10.6. The van der Waals surface area contributed by atoms with E-state index in [1.807, 2.05) is 56.3 Å². The summed E-state index contributed by atoms with van der Waals surface area (Å²) >= 11 is 0. The summed E-state index contributed by atoms with van der Waals surface area (Å²) in [6, 6.07) is 13.6. The third kappa shape index (κ3) is 2.43. The van der Waals surface area contributed by atoms with Gasteiger partial charge in [0.2, 0.25) is 0 Å². The van der Waals surface area contributed by atoms with E-state index in [1.54, 1.807) is 0 Å². The second-order valence-electron chi connectivity index (χ2n) is 4.12. The predicted molar refractivity (Wildman–Crippen MR) is 73.2 cm³/mol. The molecule has 0 fully saturated rings. The van der Waals surface area contributed by atoms with Crippen LogP contribution in [-0.2, 0) is 0 Å². The molecule has 0 radical (unpaired) electrons. The number of aldehydes is 1. The van der Waals surface area contributed by atoms with Crippen LogP contribution in [0, 0.1) is 6.92 Å². The highest BCUT2D eigenvalue weighted by Crippen LogP contribution is 2.32. The average molecular weight is 240 g/mol. The van der Waals surface area contributed by atoms with Crippen LogP contribution in [0.2, 0.25) is 0 Å². The zero-order valence-electron chi connectivity index (χ0n) is 10.6. The van der Waals surface area contributed by atoms with Crippen LogP contribution in [-0.4, -0.2) is 12.9 Å². The van der Waals surface area contributed by atoms with Gasteiger partial charge in [0.05, 0.1) is 6.61 Å². The molecule has 0 aliphatic carbocycles. The Morgan fingerprint density at radius 1 is 1.11 bits per heavy atom. The normalized spacial score (nSPS) is 10.1. The SMILES string of the molecule is CCOc1ccccc1-c1cc(C=O)ccc1C. The highest BCUT2D eigenvalue weighted by molar-refractivity contribution is 5.81. The van der Waals surface area contributed by atoms with Crippen LogP contribution >= 0.6 is 0 Å². The molecule has 2 nitrogen and oxygen atoms in total. The van der Waals surface area contributed by atoms with Crippen LogP contribution in [0.1, 0.15) is 22.8 Å². The van der Waals surface area contributed by atoms with Crippen LogP contribution in [0.25, 0.3) is 11.1 Å². The van der Waals surface area contributed by atoms with Crippen molar-refractivity contribution in [2.24, 2.45) is 0 Å². The quantitative estimate of drug-likeness (QED) is 0.758. The van der Waals surface area contributed by atoms with E-state index in [9.17, 15) is 4.79 Å². The molecular weight excluding hydrogens is 224 g/mol. The summed E-state index contributed by atoms with van der Waals surface area (Å²) in [6.45, 7) is 4.63. The van der Waals surface area contributed by atoms with E-state index in [1.165, 1.54) is 0 Å². The Morgan fingerprint density at radius 2 is 1.89 bits per heavy atom. The van der Waals surface area contributed by atoms with E-state index in [0.717, 1.165) is 28.7 Å². The molecular formula is C16H16O2. The van der Waals surface area contributed by atoms with Gasteiger partial charge in [-0.2, -0.15) is 0 Å². The number of carbonyl (C=O) groups is 1. The molecule has 2 aromatic carbocycles. The largest absolute Gasteiger partial charge is 0.493 e. The van der Waals surface area contributed by atoms with Gasteiger partial charge in [0.25, 0.3) is 0 Å². The summed E-state index contributed by atoms with van der Waals surface area (Å²) in [4.78, 5) is 10.9. The van der Waals surface area contributed by atoms with Crippen molar-refractivity contribution in [1.29, 1.82) is 0 Å². The van der Waals surface area contributed by atoms with E-state index in [-0.39, 0.29) is 0 Å². The Morgan fingerprint density at radius 3 is 2.61 bits per heavy atom. The fourth-order valence-corrected chi connectivity index (χ4v) is 1.97. The predicted octanol–water partition coefficient (Wildman–Crippen LogP) is 3.87. The van der Waals surface area contributed by atoms with Crippen molar-refractivity contribution >= 4 is 6.29 Å². The summed E-state index contributed by atoms with van der Waals surface area (Å²) in [5.74, 6) is 0.853. The molecule has 0 heterocycles. The van der Waals surface area contributed by atoms with Crippen molar-refractivity contribution in [1.82, 2.24) is 0 Å². The van der Waals surface area contributed by atoms with Crippen LogP contribution in [0.3, 0.4) is 0 Å². The second kappa shape index (κ2) is 5.50. The lowest BCUT2D eigenvalue weighted by Gasteiger charge is -2.12. The van der Waals surface area contributed by atoms with E-state index >= 15 is 0 Å². The topological polar surface area (TPSA) is 26.3 Å². The minimum atomic E-state index is 0.628. The molecule has 2 aromatic rings. The number of carbonyl (C=O) groups excluding carboxylic acids is 1. The maximum absolute atomic E-state index is 10.9. The van der Waals surface area contributed by atoms with Gasteiger partial charge in [-0.15, -0.1) is 0 Å². The number of hydrogen-bond donors (Lipinski definition) is 0. The summed E-state index contributed by atoms with van der Waals surface area (Å²) in [7, 11) is 0. The number of ether oxygens (including phenoxy) is 1. The van der Waals surface area contributed by atoms with Gasteiger partial charge < -0.3 is 4.74 Å². The molecule has 0 spiro atoms. The molecule has 2 heteroatoms. The molecule has 0 aliphatic heterocycles. The molecule has 18 heavy (non-hydrogen) atoms. The second-order valence-corrected chi connectivity index (χ2v) is 4.12. The van der Waals surface area contributed by atoms with Crippen molar-refractivity contribution < 1.29 is 9.53 Å². The van der Waals surface area contributed by atoms with Crippen molar-refractivity contribution in [3.63, 3.8) is 0 Å². The van der Waals surface area contributed by atoms with E-state index < -0.39 is 0 Å². The first kappa shape index (κ1) is 12.4. The zero-order chi connectivity index (χ0) is 13.0. The van der Waals surface area contributed by atoms with Crippen LogP contribution < -0.4 is 4.74 Å². The van der Waals surface area contributed by atoms with Crippen LogP contribution in [0.15, 0.2) is 42.5 Å². The third-order valence-electron chi connectivity index (χ3n) is 2.87. The summed E-state index contributed by atoms with van der Waals surface area (Å²) in [5, 5.41) is 0. The standard InChI is InChI=1S/C16H16O2/c1-3-18-16-7-5-4-6-14(16)15-10-13(11-17)9-8-12(15)2/h4-11H,3H2,1-2H3. The molecule has 0 bridgehead atoms. The highest BCUT2D eigenvalue weighted by Gasteiger charge is 2.08. The van der Waals surface area contributed by atoms with Crippen molar-refractivity contribution in [3.05, 3.63) is 53.6 Å². The Labute approximate surface area is 107 Å². The summed E-state index contributed by atoms with van der Waals surface area (Å²) in [5.41, 5.74) is 3.89. The minimum Gasteiger partial charge on any atom is -0.493 e. The Bertz CT molecular complexity index is 559. The Kier molecular flexibility index (Phi) is 3.78. The molecule has 0 amide bonds. The van der Waals surface area contributed by atoms with E-state index in [4.69, 9.17) is 4.74 Å². The Hall–Kier alpha value is -2.09. The minimum absolute atomic E-state index is 0.628. The number of rotatable bonds is 4. The number of para-hydroxylation sites is 1. The molecule has 0 saturated heterocycles. The van der Waals surface area contributed by atoms with Crippen LogP contribution in [0.4, 0.5) is 0 Å². The lowest BCUT2D eigenvalue weighted by molar-refractivity contribution is 0.112. The maximum atomic E-state index is 10.9. The van der Waals surface area contributed by atoms with Gasteiger partial charge in [-0.05, 0) is 37.1 Å². The van der Waals surface area contributed by atoms with E-state index in [0.29, 0.717) is 12.2 Å². The van der Waals surface area contributed by atoms with Gasteiger partial charge in [0, 0.05) is 11.1 Å². The van der Waals surface area contributed by atoms with Crippen molar-refractivity contribution in [2.45, 2.75) is 13.8 Å². The molecule has 0 N–H and O–H groups in total. The highest BCUT2D eigenvalue weighted by atomic mass is 16.5.